The molecule has 3 aromatic rings. The summed E-state index contributed by atoms with van der Waals surface area (Å²) in [4.78, 5) is 19.7. The third-order valence-electron chi connectivity index (χ3n) is 5.86. The van der Waals surface area contributed by atoms with Crippen molar-refractivity contribution in [3.8, 4) is 17.3 Å². The van der Waals surface area contributed by atoms with Crippen LogP contribution in [0.1, 0.15) is 23.7 Å². The summed E-state index contributed by atoms with van der Waals surface area (Å²) in [6.07, 6.45) is 2.38. The second-order valence-electron chi connectivity index (χ2n) is 8.31. The van der Waals surface area contributed by atoms with Crippen molar-refractivity contribution >= 4 is 17.4 Å². The predicted molar refractivity (Wildman–Crippen MR) is 120 cm³/mol. The number of fused-ring (bicyclic) bond motifs is 5. The summed E-state index contributed by atoms with van der Waals surface area (Å²) in [6.45, 7) is 5.26. The number of ether oxygens (including phenoxy) is 2. The molecular formula is C23H25FN6O3. The molecular weight excluding hydrogens is 427 g/mol. The smallest absolute Gasteiger partial charge is 0.260 e. The molecule has 0 saturated carbocycles. The number of aromatic nitrogens is 4. The molecule has 10 heteroatoms. The fourth-order valence-corrected chi connectivity index (χ4v) is 4.08. The maximum Gasteiger partial charge on any atom is 0.260 e. The molecule has 2 aromatic heterocycles. The lowest BCUT2D eigenvalue weighted by Gasteiger charge is -2.29. The Morgan fingerprint density at radius 1 is 1.18 bits per heavy atom. The van der Waals surface area contributed by atoms with E-state index >= 15 is 4.39 Å². The number of benzene rings is 1. The summed E-state index contributed by atoms with van der Waals surface area (Å²) in [5, 5.41) is 11.1. The molecule has 33 heavy (non-hydrogen) atoms. The lowest BCUT2D eigenvalue weighted by atomic mass is 10.1. The molecule has 2 aliphatic rings. The quantitative estimate of drug-likeness (QED) is 0.607. The van der Waals surface area contributed by atoms with Crippen LogP contribution in [0.2, 0.25) is 0 Å². The van der Waals surface area contributed by atoms with Gasteiger partial charge in [0.05, 0.1) is 31.1 Å². The van der Waals surface area contributed by atoms with Crippen LogP contribution < -0.4 is 15.0 Å². The summed E-state index contributed by atoms with van der Waals surface area (Å²) in [5.74, 6) is 0.601. The lowest BCUT2D eigenvalue weighted by Crippen LogP contribution is -2.37. The van der Waals surface area contributed by atoms with Gasteiger partial charge < -0.3 is 24.3 Å². The Labute approximate surface area is 190 Å². The van der Waals surface area contributed by atoms with Crippen LogP contribution in [0.5, 0.6) is 5.75 Å². The normalized spacial score (nSPS) is 19.0. The van der Waals surface area contributed by atoms with E-state index in [-0.39, 0.29) is 17.2 Å². The van der Waals surface area contributed by atoms with E-state index in [1.165, 1.54) is 6.07 Å². The molecule has 0 radical (unpaired) electrons. The second-order valence-corrected chi connectivity index (χ2v) is 8.31. The number of carbonyl (C=O) groups is 1. The van der Waals surface area contributed by atoms with E-state index in [0.29, 0.717) is 68.9 Å². The molecule has 0 unspecified atom stereocenters. The molecule has 172 valence electrons. The fraction of sp³-hybridized carbons (Fsp3) is 0.391. The molecule has 1 aromatic carbocycles. The number of hydrogen-bond acceptors (Lipinski definition) is 7. The highest BCUT2D eigenvalue weighted by molar-refractivity contribution is 6.06. The van der Waals surface area contributed by atoms with E-state index in [4.69, 9.17) is 9.47 Å². The van der Waals surface area contributed by atoms with Gasteiger partial charge in [0.15, 0.2) is 5.82 Å². The number of anilines is 2. The number of rotatable bonds is 1. The van der Waals surface area contributed by atoms with Gasteiger partial charge in [0.25, 0.3) is 5.91 Å². The van der Waals surface area contributed by atoms with Crippen molar-refractivity contribution in [3.05, 3.63) is 48.0 Å². The average molecular weight is 452 g/mol. The standard InChI is InChI=1S/C23H25FN6O3/c1-15-5-8-33-20-12-17(24)19(29-6-9-32-10-7-29)11-16(20)23(31)27-21-4-2-3-18(26-21)22-28-25-14-30(22)13-15/h2-4,11-12,14-15H,5-10,13H2,1H3,(H,26,27,31)/t15-/m0/s1. The van der Waals surface area contributed by atoms with Gasteiger partial charge in [-0.2, -0.15) is 0 Å². The van der Waals surface area contributed by atoms with Crippen molar-refractivity contribution in [2.45, 2.75) is 19.9 Å². The Bertz CT molecular complexity index is 1160. The van der Waals surface area contributed by atoms with Gasteiger partial charge in [-0.3, -0.25) is 4.79 Å². The first-order chi connectivity index (χ1) is 16.1. The van der Waals surface area contributed by atoms with Crippen molar-refractivity contribution in [3.63, 3.8) is 0 Å². The topological polar surface area (TPSA) is 94.4 Å². The van der Waals surface area contributed by atoms with E-state index in [0.717, 1.165) is 0 Å². The Morgan fingerprint density at radius 2 is 2.03 bits per heavy atom. The van der Waals surface area contributed by atoms with Crippen LogP contribution in [-0.4, -0.2) is 58.6 Å². The molecule has 0 aliphatic carbocycles. The SMILES string of the molecule is C[C@H]1CCOc2cc(F)c(N3CCOCC3)cc2C(=O)Nc2cccc(n2)-c2nncn2C1. The van der Waals surface area contributed by atoms with Crippen LogP contribution in [0.15, 0.2) is 36.7 Å². The minimum atomic E-state index is -0.424. The molecule has 2 aliphatic heterocycles. The summed E-state index contributed by atoms with van der Waals surface area (Å²) >= 11 is 0. The van der Waals surface area contributed by atoms with Gasteiger partial charge in [0, 0.05) is 25.7 Å². The fourth-order valence-electron chi connectivity index (χ4n) is 4.08. The van der Waals surface area contributed by atoms with Crippen molar-refractivity contribution in [2.24, 2.45) is 5.92 Å². The van der Waals surface area contributed by atoms with Crippen molar-refractivity contribution in [1.82, 2.24) is 19.7 Å². The van der Waals surface area contributed by atoms with Crippen LogP contribution in [0.3, 0.4) is 0 Å². The van der Waals surface area contributed by atoms with Crippen LogP contribution in [0.25, 0.3) is 11.5 Å². The van der Waals surface area contributed by atoms with E-state index in [1.54, 1.807) is 24.5 Å². The molecule has 1 fully saturated rings. The van der Waals surface area contributed by atoms with Crippen molar-refractivity contribution < 1.29 is 18.7 Å². The summed E-state index contributed by atoms with van der Waals surface area (Å²) < 4.78 is 28.3. The van der Waals surface area contributed by atoms with Gasteiger partial charge >= 0.3 is 0 Å². The number of nitrogens with one attached hydrogen (secondary N) is 1. The summed E-state index contributed by atoms with van der Waals surface area (Å²) in [7, 11) is 0. The van der Waals surface area contributed by atoms with Gasteiger partial charge in [-0.1, -0.05) is 13.0 Å². The van der Waals surface area contributed by atoms with Gasteiger partial charge in [0.1, 0.15) is 29.4 Å². The van der Waals surface area contributed by atoms with Gasteiger partial charge in [-0.15, -0.1) is 10.2 Å². The highest BCUT2D eigenvalue weighted by atomic mass is 19.1. The van der Waals surface area contributed by atoms with E-state index in [2.05, 4.69) is 27.4 Å². The van der Waals surface area contributed by atoms with E-state index < -0.39 is 11.7 Å². The summed E-state index contributed by atoms with van der Waals surface area (Å²) in [5.41, 5.74) is 1.23. The van der Waals surface area contributed by atoms with Crippen molar-refractivity contribution in [2.75, 3.05) is 43.1 Å². The molecule has 0 spiro atoms. The van der Waals surface area contributed by atoms with Crippen LogP contribution >= 0.6 is 0 Å². The predicted octanol–water partition coefficient (Wildman–Crippen LogP) is 2.99. The minimum absolute atomic E-state index is 0.215. The Morgan fingerprint density at radius 3 is 2.88 bits per heavy atom. The number of morpholine rings is 1. The van der Waals surface area contributed by atoms with Gasteiger partial charge in [0.2, 0.25) is 0 Å². The zero-order chi connectivity index (χ0) is 22.8. The van der Waals surface area contributed by atoms with Gasteiger partial charge in [-0.25, -0.2) is 9.37 Å². The van der Waals surface area contributed by atoms with Crippen molar-refractivity contribution in [1.29, 1.82) is 0 Å². The van der Waals surface area contributed by atoms with Crippen LogP contribution in [0.4, 0.5) is 15.9 Å². The molecule has 1 saturated heterocycles. The molecule has 9 nitrogen and oxygen atoms in total. The largest absolute Gasteiger partial charge is 0.493 e. The number of pyridine rings is 1. The van der Waals surface area contributed by atoms with E-state index in [9.17, 15) is 4.79 Å². The van der Waals surface area contributed by atoms with Gasteiger partial charge in [-0.05, 0) is 30.5 Å². The highest BCUT2D eigenvalue weighted by Gasteiger charge is 2.23. The van der Waals surface area contributed by atoms with Crippen LogP contribution in [0, 0.1) is 11.7 Å². The number of amides is 1. The first-order valence-electron chi connectivity index (χ1n) is 11.0. The first kappa shape index (κ1) is 21.3. The minimum Gasteiger partial charge on any atom is -0.493 e. The average Bonchev–Trinajstić information content (AvgIpc) is 3.27. The summed E-state index contributed by atoms with van der Waals surface area (Å²) in [6, 6.07) is 8.19. The zero-order valence-corrected chi connectivity index (χ0v) is 18.3. The second kappa shape index (κ2) is 9.14. The number of halogens is 1. The zero-order valence-electron chi connectivity index (χ0n) is 18.3. The molecule has 1 amide bonds. The third-order valence-corrected chi connectivity index (χ3v) is 5.86. The number of nitrogens with zero attached hydrogens (tertiary/aromatic N) is 5. The maximum absolute atomic E-state index is 15.0. The number of hydrogen-bond donors (Lipinski definition) is 1. The Hall–Kier alpha value is -3.53. The third kappa shape index (κ3) is 4.51. The number of carbonyl (C=O) groups excluding carboxylic acids is 1. The molecule has 1 N–H and O–H groups in total. The maximum atomic E-state index is 15.0. The Kier molecular flexibility index (Phi) is 5.91. The molecule has 1 atom stereocenters. The lowest BCUT2D eigenvalue weighted by molar-refractivity contribution is 0.102. The monoisotopic (exact) mass is 452 g/mol. The van der Waals surface area contributed by atoms with Crippen LogP contribution in [-0.2, 0) is 11.3 Å². The molecule has 2 bridgehead atoms. The Balaban J connectivity index is 1.54. The molecule has 5 rings (SSSR count). The first-order valence-corrected chi connectivity index (χ1v) is 11.0. The highest BCUT2D eigenvalue weighted by Crippen LogP contribution is 2.31. The molecule has 4 heterocycles. The van der Waals surface area contributed by atoms with E-state index in [1.807, 2.05) is 15.5 Å².